The Labute approximate surface area is 228 Å². The number of rotatable bonds is 10. The number of hydrogen-bond donors (Lipinski definition) is 2. The molecule has 1 atom stereocenters. The summed E-state index contributed by atoms with van der Waals surface area (Å²) >= 11 is 0. The number of allylic oxidation sites excluding steroid dienone is 1. The highest BCUT2D eigenvalue weighted by Gasteiger charge is 2.41. The number of esters is 1. The highest BCUT2D eigenvalue weighted by molar-refractivity contribution is 5.90. The number of likely N-dealkylation sites (N-methyl/N-ethyl adjacent to an activating group) is 1. The van der Waals surface area contributed by atoms with Gasteiger partial charge in [0, 0.05) is 35.7 Å². The lowest BCUT2D eigenvalue weighted by Crippen LogP contribution is -2.47. The molecule has 0 unspecified atom stereocenters. The smallest absolute Gasteiger partial charge is 0.330 e. The van der Waals surface area contributed by atoms with Crippen LogP contribution < -0.4 is 10.9 Å². The highest BCUT2D eigenvalue weighted by atomic mass is 16.5. The number of carbonyl (C=O) groups excluding carboxylic acids is 2. The Bertz CT molecular complexity index is 1510. The summed E-state index contributed by atoms with van der Waals surface area (Å²) in [6.07, 6.45) is 3.56. The molecule has 4 rings (SSSR count). The molecule has 0 spiro atoms. The van der Waals surface area contributed by atoms with E-state index < -0.39 is 23.0 Å². The third-order valence-corrected chi connectivity index (χ3v) is 7.26. The standard InChI is InChI=1S/C30H36N4O5/c1-6-11-26(35)39-18-22-23(30(38,8-3)29(37)31-14-15-33(4)5)16-25-27-21(17-34(25)28(22)36)19(7-2)20-12-9-10-13-24(20)32-27/h6,9-13,16,38H,7-8,14-15,17-18H2,1-5H3,(H,31,37)/b11-6+/t30-/m0/s1. The second kappa shape index (κ2) is 11.5. The van der Waals surface area contributed by atoms with Crippen LogP contribution >= 0.6 is 0 Å². The minimum atomic E-state index is -2.02. The van der Waals surface area contributed by atoms with Crippen LogP contribution in [0.25, 0.3) is 22.3 Å². The topological polar surface area (TPSA) is 114 Å². The molecular formula is C30H36N4O5. The number of fused-ring (bicyclic) bond motifs is 4. The molecule has 0 fully saturated rings. The van der Waals surface area contributed by atoms with Gasteiger partial charge in [0.2, 0.25) is 0 Å². The summed E-state index contributed by atoms with van der Waals surface area (Å²) in [5.41, 5.74) is 1.80. The molecule has 9 heteroatoms. The van der Waals surface area contributed by atoms with E-state index in [-0.39, 0.29) is 24.2 Å². The molecule has 0 radical (unpaired) electrons. The first kappa shape index (κ1) is 28.2. The van der Waals surface area contributed by atoms with Crippen molar-refractivity contribution in [3.63, 3.8) is 0 Å². The van der Waals surface area contributed by atoms with E-state index in [2.05, 4.69) is 12.2 Å². The van der Waals surface area contributed by atoms with Crippen LogP contribution in [0.15, 0.2) is 47.3 Å². The fourth-order valence-electron chi connectivity index (χ4n) is 5.15. The van der Waals surface area contributed by atoms with Gasteiger partial charge in [0.25, 0.3) is 11.5 Å². The van der Waals surface area contributed by atoms with Gasteiger partial charge in [-0.3, -0.25) is 9.59 Å². The lowest BCUT2D eigenvalue weighted by molar-refractivity contribution is -0.141. The van der Waals surface area contributed by atoms with Crippen molar-refractivity contribution in [3.8, 4) is 11.4 Å². The Hall–Kier alpha value is -3.82. The molecule has 2 N–H and O–H groups in total. The maximum absolute atomic E-state index is 14.0. The molecule has 3 aromatic rings. The summed E-state index contributed by atoms with van der Waals surface area (Å²) < 4.78 is 6.96. The first-order chi connectivity index (χ1) is 18.7. The molecule has 9 nitrogen and oxygen atoms in total. The normalized spacial score (nSPS) is 13.9. The van der Waals surface area contributed by atoms with Gasteiger partial charge in [0.15, 0.2) is 5.60 Å². The number of nitrogens with zero attached hydrogens (tertiary/aromatic N) is 3. The van der Waals surface area contributed by atoms with Gasteiger partial charge in [0.1, 0.15) is 6.61 Å². The lowest BCUT2D eigenvalue weighted by atomic mass is 9.86. The van der Waals surface area contributed by atoms with E-state index >= 15 is 0 Å². The minimum Gasteiger partial charge on any atom is -0.457 e. The summed E-state index contributed by atoms with van der Waals surface area (Å²) in [7, 11) is 3.77. The number of aromatic nitrogens is 2. The summed E-state index contributed by atoms with van der Waals surface area (Å²) in [6, 6.07) is 9.52. The average molecular weight is 533 g/mol. The number of para-hydroxylation sites is 1. The van der Waals surface area contributed by atoms with Crippen LogP contribution in [0, 0.1) is 0 Å². The summed E-state index contributed by atoms with van der Waals surface area (Å²) in [4.78, 5) is 46.3. The molecule has 1 amide bonds. The summed E-state index contributed by atoms with van der Waals surface area (Å²) in [5, 5.41) is 15.6. The quantitative estimate of drug-likeness (QED) is 0.239. The van der Waals surface area contributed by atoms with Crippen molar-refractivity contribution in [1.29, 1.82) is 0 Å². The number of pyridine rings is 2. The Morgan fingerprint density at radius 2 is 1.97 bits per heavy atom. The first-order valence-corrected chi connectivity index (χ1v) is 13.3. The lowest BCUT2D eigenvalue weighted by Gasteiger charge is -2.29. The van der Waals surface area contributed by atoms with Gasteiger partial charge in [-0.05, 0) is 51.6 Å². The van der Waals surface area contributed by atoms with E-state index in [0.717, 1.165) is 28.5 Å². The van der Waals surface area contributed by atoms with Gasteiger partial charge >= 0.3 is 5.97 Å². The van der Waals surface area contributed by atoms with Crippen molar-refractivity contribution in [2.24, 2.45) is 0 Å². The van der Waals surface area contributed by atoms with E-state index in [4.69, 9.17) is 9.72 Å². The Balaban J connectivity index is 1.91. The Kier molecular flexibility index (Phi) is 8.32. The second-order valence-electron chi connectivity index (χ2n) is 9.98. The van der Waals surface area contributed by atoms with Crippen LogP contribution in [0.2, 0.25) is 0 Å². The zero-order chi connectivity index (χ0) is 28.3. The second-order valence-corrected chi connectivity index (χ2v) is 9.98. The number of benzene rings is 1. The summed E-state index contributed by atoms with van der Waals surface area (Å²) in [6.45, 7) is 6.26. The van der Waals surface area contributed by atoms with Crippen molar-refractivity contribution in [3.05, 3.63) is 75.1 Å². The van der Waals surface area contributed by atoms with Gasteiger partial charge in [0.05, 0.1) is 29.0 Å². The van der Waals surface area contributed by atoms with Crippen LogP contribution in [0.1, 0.15) is 49.4 Å². The molecule has 1 aliphatic rings. The molecule has 2 aromatic heterocycles. The number of nitrogens with one attached hydrogen (secondary N) is 1. The monoisotopic (exact) mass is 532 g/mol. The largest absolute Gasteiger partial charge is 0.457 e. The van der Waals surface area contributed by atoms with Crippen molar-refractivity contribution < 1.29 is 19.4 Å². The van der Waals surface area contributed by atoms with E-state index in [1.807, 2.05) is 43.3 Å². The van der Waals surface area contributed by atoms with E-state index in [9.17, 15) is 19.5 Å². The van der Waals surface area contributed by atoms with Crippen molar-refractivity contribution in [1.82, 2.24) is 19.8 Å². The van der Waals surface area contributed by atoms with Crippen molar-refractivity contribution in [2.75, 3.05) is 27.2 Å². The van der Waals surface area contributed by atoms with Gasteiger partial charge in [-0.15, -0.1) is 0 Å². The number of amides is 1. The fourth-order valence-corrected chi connectivity index (χ4v) is 5.15. The van der Waals surface area contributed by atoms with Crippen LogP contribution in [-0.4, -0.2) is 58.6 Å². The Morgan fingerprint density at radius 3 is 2.64 bits per heavy atom. The van der Waals surface area contributed by atoms with Gasteiger partial charge in [-0.1, -0.05) is 38.1 Å². The average Bonchev–Trinajstić information content (AvgIpc) is 3.28. The maximum Gasteiger partial charge on any atom is 0.330 e. The third-order valence-electron chi connectivity index (χ3n) is 7.26. The minimum absolute atomic E-state index is 0.0116. The molecule has 1 aliphatic heterocycles. The van der Waals surface area contributed by atoms with Crippen molar-refractivity contribution >= 4 is 22.8 Å². The zero-order valence-corrected chi connectivity index (χ0v) is 23.2. The molecule has 0 saturated carbocycles. The molecular weight excluding hydrogens is 496 g/mol. The van der Waals surface area contributed by atoms with Crippen LogP contribution in [0.5, 0.6) is 0 Å². The van der Waals surface area contributed by atoms with Crippen LogP contribution in [-0.2, 0) is 39.5 Å². The fraction of sp³-hybridized carbons (Fsp3) is 0.400. The molecule has 3 heterocycles. The van der Waals surface area contributed by atoms with Gasteiger partial charge in [-0.2, -0.15) is 0 Å². The van der Waals surface area contributed by atoms with Crippen LogP contribution in [0.4, 0.5) is 0 Å². The Morgan fingerprint density at radius 1 is 1.23 bits per heavy atom. The number of carbonyl (C=O) groups is 2. The highest BCUT2D eigenvalue weighted by Crippen LogP contribution is 2.38. The first-order valence-electron chi connectivity index (χ1n) is 13.3. The van der Waals surface area contributed by atoms with E-state index in [1.54, 1.807) is 30.6 Å². The van der Waals surface area contributed by atoms with E-state index in [0.29, 0.717) is 31.0 Å². The number of aliphatic hydroxyl groups is 1. The van der Waals surface area contributed by atoms with E-state index in [1.165, 1.54) is 6.08 Å². The van der Waals surface area contributed by atoms with Crippen molar-refractivity contribution in [2.45, 2.75) is 52.4 Å². The predicted octanol–water partition coefficient (Wildman–Crippen LogP) is 2.88. The molecule has 1 aromatic carbocycles. The maximum atomic E-state index is 14.0. The number of aryl methyl sites for hydroxylation is 1. The number of hydrogen-bond acceptors (Lipinski definition) is 7. The molecule has 0 aliphatic carbocycles. The molecule has 0 saturated heterocycles. The molecule has 206 valence electrons. The molecule has 0 bridgehead atoms. The van der Waals surface area contributed by atoms with Gasteiger partial charge in [-0.25, -0.2) is 9.78 Å². The summed E-state index contributed by atoms with van der Waals surface area (Å²) in [5.74, 6) is -1.23. The third kappa shape index (κ3) is 5.24. The number of ether oxygens (including phenoxy) is 1. The predicted molar refractivity (Wildman–Crippen MR) is 150 cm³/mol. The van der Waals surface area contributed by atoms with Gasteiger partial charge < -0.3 is 24.6 Å². The zero-order valence-electron chi connectivity index (χ0n) is 23.2. The SMILES string of the molecule is C/C=C/C(=O)OCc1c([C@@](O)(CC)C(=O)NCCN(C)C)cc2n(c1=O)Cc1c-2nc2ccccc2c1CC. The van der Waals surface area contributed by atoms with Crippen LogP contribution in [0.3, 0.4) is 0 Å². The molecule has 39 heavy (non-hydrogen) atoms.